The SMILES string of the molecule is Cc1ccc(NC(=O)C(F)(F)C(F)F)cc1N. The van der Waals surface area contributed by atoms with Crippen LogP contribution >= 0.6 is 0 Å². The van der Waals surface area contributed by atoms with E-state index >= 15 is 0 Å². The van der Waals surface area contributed by atoms with Crippen molar-refractivity contribution in [2.75, 3.05) is 11.1 Å². The Morgan fingerprint density at radius 3 is 2.47 bits per heavy atom. The molecule has 0 unspecified atom stereocenters. The smallest absolute Gasteiger partial charge is 0.383 e. The van der Waals surface area contributed by atoms with Gasteiger partial charge in [-0.05, 0) is 24.6 Å². The number of alkyl halides is 4. The maximum absolute atomic E-state index is 12.6. The van der Waals surface area contributed by atoms with Crippen molar-refractivity contribution in [3.05, 3.63) is 23.8 Å². The molecule has 0 radical (unpaired) electrons. The largest absolute Gasteiger partial charge is 0.398 e. The van der Waals surface area contributed by atoms with Gasteiger partial charge in [-0.15, -0.1) is 0 Å². The number of nitrogens with one attached hydrogen (secondary N) is 1. The Morgan fingerprint density at radius 2 is 2.00 bits per heavy atom. The molecule has 0 spiro atoms. The van der Waals surface area contributed by atoms with Crippen molar-refractivity contribution in [1.29, 1.82) is 0 Å². The molecule has 7 heteroatoms. The van der Waals surface area contributed by atoms with Gasteiger partial charge in [0, 0.05) is 11.4 Å². The molecule has 0 heterocycles. The molecule has 1 rings (SSSR count). The highest BCUT2D eigenvalue weighted by molar-refractivity contribution is 5.96. The molecule has 1 amide bonds. The maximum Gasteiger partial charge on any atom is 0.383 e. The monoisotopic (exact) mass is 250 g/mol. The molecule has 0 saturated heterocycles. The van der Waals surface area contributed by atoms with Gasteiger partial charge in [-0.25, -0.2) is 8.78 Å². The molecule has 94 valence electrons. The van der Waals surface area contributed by atoms with E-state index in [4.69, 9.17) is 5.73 Å². The fraction of sp³-hybridized carbons (Fsp3) is 0.300. The second kappa shape index (κ2) is 4.60. The Morgan fingerprint density at radius 1 is 1.41 bits per heavy atom. The van der Waals surface area contributed by atoms with Crippen LogP contribution in [0.4, 0.5) is 28.9 Å². The summed E-state index contributed by atoms with van der Waals surface area (Å²) in [6.07, 6.45) is -4.05. The second-order valence-electron chi connectivity index (χ2n) is 3.45. The van der Waals surface area contributed by atoms with Crippen LogP contribution in [0.5, 0.6) is 0 Å². The first kappa shape index (κ1) is 13.3. The third-order valence-electron chi connectivity index (χ3n) is 2.11. The Balaban J connectivity index is 2.85. The Kier molecular flexibility index (Phi) is 3.59. The van der Waals surface area contributed by atoms with Crippen molar-refractivity contribution in [3.8, 4) is 0 Å². The van der Waals surface area contributed by atoms with E-state index in [0.717, 1.165) is 0 Å². The lowest BCUT2D eigenvalue weighted by Crippen LogP contribution is -2.40. The average molecular weight is 250 g/mol. The van der Waals surface area contributed by atoms with Crippen molar-refractivity contribution in [3.63, 3.8) is 0 Å². The topological polar surface area (TPSA) is 55.1 Å². The van der Waals surface area contributed by atoms with E-state index in [1.54, 1.807) is 12.2 Å². The summed E-state index contributed by atoms with van der Waals surface area (Å²) in [6, 6.07) is 3.99. The molecule has 0 aliphatic rings. The number of carbonyl (C=O) groups excluding carboxylic acids is 1. The molecule has 0 aliphatic carbocycles. The molecule has 1 aromatic rings. The van der Waals surface area contributed by atoms with Gasteiger partial charge < -0.3 is 11.1 Å². The number of hydrogen-bond acceptors (Lipinski definition) is 2. The first-order valence-corrected chi connectivity index (χ1v) is 4.58. The number of rotatable bonds is 3. The molecule has 1 aromatic carbocycles. The lowest BCUT2D eigenvalue weighted by Gasteiger charge is -2.15. The molecular weight excluding hydrogens is 240 g/mol. The summed E-state index contributed by atoms with van der Waals surface area (Å²) in [6.45, 7) is 1.68. The Bertz CT molecular complexity index is 434. The van der Waals surface area contributed by atoms with E-state index in [0.29, 0.717) is 5.56 Å². The highest BCUT2D eigenvalue weighted by Crippen LogP contribution is 2.25. The summed E-state index contributed by atoms with van der Waals surface area (Å²) in [7, 11) is 0. The third kappa shape index (κ3) is 2.86. The van der Waals surface area contributed by atoms with Crippen molar-refractivity contribution < 1.29 is 22.4 Å². The summed E-state index contributed by atoms with van der Waals surface area (Å²) < 4.78 is 49.0. The fourth-order valence-corrected chi connectivity index (χ4v) is 1.03. The zero-order valence-corrected chi connectivity index (χ0v) is 8.81. The van der Waals surface area contributed by atoms with Gasteiger partial charge in [0.2, 0.25) is 0 Å². The molecular formula is C10H10F4N2O. The fourth-order valence-electron chi connectivity index (χ4n) is 1.03. The molecule has 0 aromatic heterocycles. The second-order valence-corrected chi connectivity index (χ2v) is 3.45. The molecule has 0 fully saturated rings. The van der Waals surface area contributed by atoms with Crippen molar-refractivity contribution in [2.45, 2.75) is 19.3 Å². The van der Waals surface area contributed by atoms with Gasteiger partial charge in [0.1, 0.15) is 0 Å². The van der Waals surface area contributed by atoms with Gasteiger partial charge in [0.05, 0.1) is 0 Å². The van der Waals surface area contributed by atoms with Gasteiger partial charge in [-0.2, -0.15) is 8.78 Å². The van der Waals surface area contributed by atoms with E-state index in [1.807, 2.05) is 0 Å². The minimum absolute atomic E-state index is 0.0570. The molecule has 0 bridgehead atoms. The van der Waals surface area contributed by atoms with Crippen LogP contribution in [0.1, 0.15) is 5.56 Å². The standard InChI is InChI=1S/C10H10F4N2O/c1-5-2-3-6(4-7(5)15)16-9(17)10(13,14)8(11)12/h2-4,8H,15H2,1H3,(H,16,17). The van der Waals surface area contributed by atoms with Gasteiger partial charge in [-0.1, -0.05) is 6.07 Å². The van der Waals surface area contributed by atoms with E-state index in [2.05, 4.69) is 0 Å². The highest BCUT2D eigenvalue weighted by Gasteiger charge is 2.48. The molecule has 0 saturated carbocycles. The minimum Gasteiger partial charge on any atom is -0.398 e. The molecule has 3 nitrogen and oxygen atoms in total. The number of carbonyl (C=O) groups is 1. The lowest BCUT2D eigenvalue weighted by molar-refractivity contribution is -0.163. The minimum atomic E-state index is -4.72. The molecule has 17 heavy (non-hydrogen) atoms. The summed E-state index contributed by atoms with van der Waals surface area (Å²) >= 11 is 0. The van der Waals surface area contributed by atoms with Crippen molar-refractivity contribution in [2.24, 2.45) is 0 Å². The molecule has 3 N–H and O–H groups in total. The molecule has 0 aliphatic heterocycles. The zero-order valence-electron chi connectivity index (χ0n) is 8.81. The lowest BCUT2D eigenvalue weighted by atomic mass is 10.2. The van der Waals surface area contributed by atoms with Crippen LogP contribution in [0.3, 0.4) is 0 Å². The third-order valence-corrected chi connectivity index (χ3v) is 2.11. The van der Waals surface area contributed by atoms with Gasteiger partial charge in [-0.3, -0.25) is 4.79 Å². The van der Waals surface area contributed by atoms with Crippen LogP contribution in [0.25, 0.3) is 0 Å². The summed E-state index contributed by atoms with van der Waals surface area (Å²) in [5.41, 5.74) is 6.37. The first-order valence-electron chi connectivity index (χ1n) is 4.58. The predicted molar refractivity (Wildman–Crippen MR) is 55.2 cm³/mol. The Hall–Kier alpha value is -1.79. The van der Waals surface area contributed by atoms with Crippen LogP contribution in [-0.4, -0.2) is 18.3 Å². The predicted octanol–water partition coefficient (Wildman–Crippen LogP) is 2.42. The van der Waals surface area contributed by atoms with E-state index < -0.39 is 18.3 Å². The van der Waals surface area contributed by atoms with E-state index in [-0.39, 0.29) is 11.4 Å². The number of hydrogen-bond donors (Lipinski definition) is 2. The first-order chi connectivity index (χ1) is 7.75. The van der Waals surface area contributed by atoms with E-state index in [1.165, 1.54) is 18.2 Å². The van der Waals surface area contributed by atoms with Crippen LogP contribution in [0.15, 0.2) is 18.2 Å². The number of aryl methyl sites for hydroxylation is 1. The number of anilines is 2. The van der Waals surface area contributed by atoms with E-state index in [9.17, 15) is 22.4 Å². The number of halogens is 4. The number of nitrogens with two attached hydrogens (primary N) is 1. The Labute approximate surface area is 94.6 Å². The summed E-state index contributed by atoms with van der Waals surface area (Å²) in [5.74, 6) is -6.78. The maximum atomic E-state index is 12.6. The number of amides is 1. The number of nitrogen functional groups attached to an aromatic ring is 1. The van der Waals surface area contributed by atoms with Crippen LogP contribution in [0.2, 0.25) is 0 Å². The van der Waals surface area contributed by atoms with Gasteiger partial charge in [0.15, 0.2) is 0 Å². The van der Waals surface area contributed by atoms with Crippen LogP contribution < -0.4 is 11.1 Å². The van der Waals surface area contributed by atoms with Crippen molar-refractivity contribution in [1.82, 2.24) is 0 Å². The average Bonchev–Trinajstić information content (AvgIpc) is 2.23. The summed E-state index contributed by atoms with van der Waals surface area (Å²) in [5, 5.41) is 1.68. The summed E-state index contributed by atoms with van der Waals surface area (Å²) in [4.78, 5) is 10.9. The van der Waals surface area contributed by atoms with Crippen molar-refractivity contribution >= 4 is 17.3 Å². The number of benzene rings is 1. The van der Waals surface area contributed by atoms with Crippen LogP contribution in [-0.2, 0) is 4.79 Å². The highest BCUT2D eigenvalue weighted by atomic mass is 19.3. The van der Waals surface area contributed by atoms with Crippen LogP contribution in [0, 0.1) is 6.92 Å². The molecule has 0 atom stereocenters. The normalized spacial score (nSPS) is 11.6. The van der Waals surface area contributed by atoms with Gasteiger partial charge in [0.25, 0.3) is 0 Å². The zero-order chi connectivity index (χ0) is 13.2. The van der Waals surface area contributed by atoms with Gasteiger partial charge >= 0.3 is 18.3 Å². The quantitative estimate of drug-likeness (QED) is 0.639.